The van der Waals surface area contributed by atoms with Gasteiger partial charge in [0, 0.05) is 0 Å². The number of carbonyl (C=O) groups is 1. The third kappa shape index (κ3) is 3.16. The van der Waals surface area contributed by atoms with Crippen molar-refractivity contribution in [3.05, 3.63) is 82.0 Å². The molecule has 0 saturated carbocycles. The van der Waals surface area contributed by atoms with Crippen LogP contribution in [0.1, 0.15) is 15.9 Å². The van der Waals surface area contributed by atoms with Crippen LogP contribution in [0.4, 0.5) is 0 Å². The zero-order chi connectivity index (χ0) is 13.7. The largest absolute Gasteiger partial charge is 0.504 e. The third-order valence-corrected chi connectivity index (χ3v) is 2.60. The van der Waals surface area contributed by atoms with Crippen LogP contribution >= 0.6 is 0 Å². The molecule has 0 unspecified atom stereocenters. The summed E-state index contributed by atoms with van der Waals surface area (Å²) in [4.78, 5) is 23.3. The Morgan fingerprint density at radius 2 is 1.58 bits per heavy atom. The first-order valence-electron chi connectivity index (χ1n) is 5.78. The van der Waals surface area contributed by atoms with E-state index in [4.69, 9.17) is 0 Å². The number of allylic oxidation sites excluding steroid dienone is 1. The number of carbonyl (C=O) groups excluding carboxylic acids is 1. The molecule has 0 aliphatic heterocycles. The first-order valence-corrected chi connectivity index (χ1v) is 5.78. The van der Waals surface area contributed by atoms with Crippen molar-refractivity contribution >= 4 is 11.9 Å². The molecule has 3 heteroatoms. The fraction of sp³-hybridized carbons (Fsp3) is 0. The van der Waals surface area contributed by atoms with Gasteiger partial charge in [0.05, 0.1) is 5.56 Å². The molecule has 2 aromatic carbocycles. The molecule has 1 N–H and O–H groups in total. The molecule has 2 aromatic rings. The van der Waals surface area contributed by atoms with E-state index >= 15 is 0 Å². The maximum atomic E-state index is 11.9. The summed E-state index contributed by atoms with van der Waals surface area (Å²) in [5, 5.41) is 9.66. The second-order valence-electron chi connectivity index (χ2n) is 3.95. The van der Waals surface area contributed by atoms with Crippen molar-refractivity contribution in [3.63, 3.8) is 0 Å². The SMILES string of the molecule is O=C(C=Cc1ccccc1)c1ccccc(=O)c1O. The van der Waals surface area contributed by atoms with Crippen LogP contribution in [0.25, 0.3) is 6.08 Å². The summed E-state index contributed by atoms with van der Waals surface area (Å²) in [5.74, 6) is -0.928. The van der Waals surface area contributed by atoms with Crippen molar-refractivity contribution in [3.8, 4) is 5.75 Å². The molecule has 0 heterocycles. The normalized spacial score (nSPS) is 10.5. The number of rotatable bonds is 3. The Morgan fingerprint density at radius 1 is 0.947 bits per heavy atom. The molecule has 0 amide bonds. The molecule has 0 atom stereocenters. The van der Waals surface area contributed by atoms with Gasteiger partial charge in [0.1, 0.15) is 0 Å². The molecule has 0 bridgehead atoms. The number of hydrogen-bond donors (Lipinski definition) is 1. The monoisotopic (exact) mass is 252 g/mol. The number of hydrogen-bond acceptors (Lipinski definition) is 3. The summed E-state index contributed by atoms with van der Waals surface area (Å²) in [6, 6.07) is 15.0. The van der Waals surface area contributed by atoms with E-state index in [1.807, 2.05) is 30.3 Å². The smallest absolute Gasteiger partial charge is 0.220 e. The molecule has 0 spiro atoms. The minimum absolute atomic E-state index is 0.00202. The Morgan fingerprint density at radius 3 is 2.32 bits per heavy atom. The molecule has 0 aliphatic carbocycles. The predicted molar refractivity (Wildman–Crippen MR) is 74.2 cm³/mol. The summed E-state index contributed by atoms with van der Waals surface area (Å²) in [7, 11) is 0. The summed E-state index contributed by atoms with van der Waals surface area (Å²) >= 11 is 0. The molecule has 19 heavy (non-hydrogen) atoms. The first kappa shape index (κ1) is 12.8. The van der Waals surface area contributed by atoms with Crippen molar-refractivity contribution in [2.45, 2.75) is 0 Å². The molecular weight excluding hydrogens is 240 g/mol. The summed E-state index contributed by atoms with van der Waals surface area (Å²) in [6.45, 7) is 0. The zero-order valence-corrected chi connectivity index (χ0v) is 10.1. The highest BCUT2D eigenvalue weighted by molar-refractivity contribution is 6.08. The van der Waals surface area contributed by atoms with Crippen LogP contribution in [0.3, 0.4) is 0 Å². The molecule has 94 valence electrons. The number of benzene rings is 1. The van der Waals surface area contributed by atoms with Gasteiger partial charge in [-0.25, -0.2) is 0 Å². The molecule has 0 fully saturated rings. The maximum Gasteiger partial charge on any atom is 0.220 e. The van der Waals surface area contributed by atoms with Crippen LogP contribution in [-0.4, -0.2) is 10.9 Å². The molecule has 3 nitrogen and oxygen atoms in total. The Labute approximate surface area is 110 Å². The quantitative estimate of drug-likeness (QED) is 0.675. The van der Waals surface area contributed by atoms with E-state index in [1.165, 1.54) is 24.3 Å². The molecule has 0 aliphatic rings. The van der Waals surface area contributed by atoms with Gasteiger partial charge >= 0.3 is 0 Å². The third-order valence-electron chi connectivity index (χ3n) is 2.60. The average Bonchev–Trinajstić information content (AvgIpc) is 2.60. The summed E-state index contributed by atoms with van der Waals surface area (Å²) in [5.41, 5.74) is 0.307. The number of aromatic hydroxyl groups is 1. The number of ketones is 1. The Bertz CT molecular complexity index is 673. The van der Waals surface area contributed by atoms with Gasteiger partial charge in [0.2, 0.25) is 5.43 Å². The van der Waals surface area contributed by atoms with Crippen molar-refractivity contribution < 1.29 is 9.90 Å². The van der Waals surface area contributed by atoms with Crippen LogP contribution < -0.4 is 5.43 Å². The van der Waals surface area contributed by atoms with E-state index in [1.54, 1.807) is 12.1 Å². The van der Waals surface area contributed by atoms with Crippen molar-refractivity contribution in [2.75, 3.05) is 0 Å². The van der Waals surface area contributed by atoms with E-state index < -0.39 is 17.0 Å². The van der Waals surface area contributed by atoms with Gasteiger partial charge in [-0.3, -0.25) is 9.59 Å². The van der Waals surface area contributed by atoms with Crippen molar-refractivity contribution in [1.82, 2.24) is 0 Å². The van der Waals surface area contributed by atoms with E-state index in [0.717, 1.165) is 5.56 Å². The molecule has 0 aromatic heterocycles. The van der Waals surface area contributed by atoms with Gasteiger partial charge in [-0.15, -0.1) is 0 Å². The summed E-state index contributed by atoms with van der Waals surface area (Å²) in [6.07, 6.45) is 2.98. The second kappa shape index (κ2) is 5.78. The minimum atomic E-state index is -0.568. The van der Waals surface area contributed by atoms with E-state index in [2.05, 4.69) is 0 Å². The van der Waals surface area contributed by atoms with Crippen LogP contribution in [0.2, 0.25) is 0 Å². The topological polar surface area (TPSA) is 54.4 Å². The van der Waals surface area contributed by atoms with E-state index in [-0.39, 0.29) is 5.56 Å². The second-order valence-corrected chi connectivity index (χ2v) is 3.95. The van der Waals surface area contributed by atoms with Crippen molar-refractivity contribution in [1.29, 1.82) is 0 Å². The van der Waals surface area contributed by atoms with Crippen molar-refractivity contribution in [2.24, 2.45) is 0 Å². The average molecular weight is 252 g/mol. The lowest BCUT2D eigenvalue weighted by molar-refractivity contribution is 0.104. The Kier molecular flexibility index (Phi) is 3.88. The van der Waals surface area contributed by atoms with Gasteiger partial charge < -0.3 is 5.11 Å². The molecule has 2 rings (SSSR count). The zero-order valence-electron chi connectivity index (χ0n) is 10.1. The van der Waals surface area contributed by atoms with E-state index in [0.29, 0.717) is 0 Å². The van der Waals surface area contributed by atoms with Crippen LogP contribution in [0, 0.1) is 0 Å². The standard InChI is InChI=1S/C16H12O3/c17-14(11-10-12-6-2-1-3-7-12)13-8-4-5-9-15(18)16(13)19/h1-11H,(H,18,19). The van der Waals surface area contributed by atoms with Crippen LogP contribution in [0.5, 0.6) is 5.75 Å². The minimum Gasteiger partial charge on any atom is -0.504 e. The van der Waals surface area contributed by atoms with Gasteiger partial charge in [-0.1, -0.05) is 48.5 Å². The first-order chi connectivity index (χ1) is 9.18. The van der Waals surface area contributed by atoms with Gasteiger partial charge in [-0.05, 0) is 23.8 Å². The maximum absolute atomic E-state index is 11.9. The Balaban J connectivity index is 2.32. The molecular formula is C16H12O3. The van der Waals surface area contributed by atoms with Crippen LogP contribution in [0.15, 0.2) is 65.5 Å². The predicted octanol–water partition coefficient (Wildman–Crippen LogP) is 2.65. The lowest BCUT2D eigenvalue weighted by Gasteiger charge is -1.95. The van der Waals surface area contributed by atoms with Crippen LogP contribution in [-0.2, 0) is 0 Å². The molecule has 0 radical (unpaired) electrons. The highest BCUT2D eigenvalue weighted by atomic mass is 16.3. The fourth-order valence-corrected chi connectivity index (χ4v) is 1.61. The highest BCUT2D eigenvalue weighted by Crippen LogP contribution is 2.12. The van der Waals surface area contributed by atoms with Gasteiger partial charge in [-0.2, -0.15) is 0 Å². The lowest BCUT2D eigenvalue weighted by atomic mass is 10.1. The highest BCUT2D eigenvalue weighted by Gasteiger charge is 2.08. The lowest BCUT2D eigenvalue weighted by Crippen LogP contribution is -2.01. The van der Waals surface area contributed by atoms with E-state index in [9.17, 15) is 14.7 Å². The van der Waals surface area contributed by atoms with Gasteiger partial charge in [0.15, 0.2) is 11.5 Å². The molecule has 0 saturated heterocycles. The van der Waals surface area contributed by atoms with Gasteiger partial charge in [0.25, 0.3) is 0 Å². The fourth-order valence-electron chi connectivity index (χ4n) is 1.61. The Hall–Kier alpha value is -2.68. The summed E-state index contributed by atoms with van der Waals surface area (Å²) < 4.78 is 0.